The number of hydrogen-bond donors (Lipinski definition) is 0. The zero-order valence-corrected chi connectivity index (χ0v) is 19.1. The molecule has 0 unspecified atom stereocenters. The van der Waals surface area contributed by atoms with Crippen LogP contribution >= 0.6 is 11.6 Å². The molecule has 1 saturated carbocycles. The van der Waals surface area contributed by atoms with Crippen LogP contribution in [0.25, 0.3) is 16.9 Å². The summed E-state index contributed by atoms with van der Waals surface area (Å²) >= 11 is 6.44. The Kier molecular flexibility index (Phi) is 6.67. The second-order valence-electron chi connectivity index (χ2n) is 8.43. The maximum atomic E-state index is 6.44. The number of anilines is 1. The summed E-state index contributed by atoms with van der Waals surface area (Å²) in [5.74, 6) is 2.37. The lowest BCUT2D eigenvalue weighted by Crippen LogP contribution is -2.31. The van der Waals surface area contributed by atoms with Gasteiger partial charge in [-0.15, -0.1) is 0 Å². The molecule has 4 heteroatoms. The highest BCUT2D eigenvalue weighted by Crippen LogP contribution is 2.45. The molecule has 1 aromatic carbocycles. The summed E-state index contributed by atoms with van der Waals surface area (Å²) in [7, 11) is 0. The van der Waals surface area contributed by atoms with Crippen molar-refractivity contribution in [2.45, 2.75) is 64.7 Å². The van der Waals surface area contributed by atoms with Crippen LogP contribution in [0.15, 0.2) is 30.8 Å². The molecule has 30 heavy (non-hydrogen) atoms. The summed E-state index contributed by atoms with van der Waals surface area (Å²) < 4.78 is 6.01. The molecule has 0 saturated heterocycles. The third-order valence-electron chi connectivity index (χ3n) is 6.54. The smallest absolute Gasteiger partial charge is 0.132 e. The fourth-order valence-corrected chi connectivity index (χ4v) is 5.34. The number of ether oxygens (including phenoxy) is 1. The Morgan fingerprint density at radius 2 is 2.00 bits per heavy atom. The quantitative estimate of drug-likeness (QED) is 0.457. The predicted molar refractivity (Wildman–Crippen MR) is 127 cm³/mol. The lowest BCUT2D eigenvalue weighted by Gasteiger charge is -2.34. The maximum Gasteiger partial charge on any atom is 0.132 e. The van der Waals surface area contributed by atoms with E-state index < -0.39 is 0 Å². The number of nitrogens with zero attached hydrogens (tertiary/aromatic N) is 2. The molecule has 1 aromatic heterocycles. The van der Waals surface area contributed by atoms with Gasteiger partial charge in [0, 0.05) is 40.7 Å². The number of pyridine rings is 1. The SMILES string of the molecule is C=C(OCC)c1c(C2CCCCC2)nc2c(c1-c1cccc(Cl)c1)CCCN2CC. The molecular formula is C26H33ClN2O. The number of aromatic nitrogens is 1. The lowest BCUT2D eigenvalue weighted by molar-refractivity contribution is 0.298. The first-order chi connectivity index (χ1) is 14.6. The highest BCUT2D eigenvalue weighted by atomic mass is 35.5. The number of benzene rings is 1. The molecule has 1 fully saturated rings. The average Bonchev–Trinajstić information content (AvgIpc) is 2.78. The van der Waals surface area contributed by atoms with Crippen molar-refractivity contribution in [2.24, 2.45) is 0 Å². The maximum absolute atomic E-state index is 6.44. The van der Waals surface area contributed by atoms with Gasteiger partial charge in [0.05, 0.1) is 12.3 Å². The van der Waals surface area contributed by atoms with Crippen molar-refractivity contribution in [3.63, 3.8) is 0 Å². The summed E-state index contributed by atoms with van der Waals surface area (Å²) in [5.41, 5.74) is 6.00. The van der Waals surface area contributed by atoms with E-state index in [0.29, 0.717) is 12.5 Å². The van der Waals surface area contributed by atoms with Crippen LogP contribution in [0.3, 0.4) is 0 Å². The Bertz CT molecular complexity index is 917. The summed E-state index contributed by atoms with van der Waals surface area (Å²) in [6.07, 6.45) is 8.42. The Hall–Kier alpha value is -2.00. The molecule has 160 valence electrons. The molecule has 0 atom stereocenters. The van der Waals surface area contributed by atoms with Gasteiger partial charge in [-0.25, -0.2) is 4.98 Å². The van der Waals surface area contributed by atoms with E-state index in [4.69, 9.17) is 21.3 Å². The predicted octanol–water partition coefficient (Wildman–Crippen LogP) is 7.23. The molecule has 3 nitrogen and oxygen atoms in total. The van der Waals surface area contributed by atoms with Crippen molar-refractivity contribution in [2.75, 3.05) is 24.6 Å². The zero-order chi connectivity index (χ0) is 21.1. The van der Waals surface area contributed by atoms with Gasteiger partial charge >= 0.3 is 0 Å². The average molecular weight is 425 g/mol. The number of rotatable bonds is 6. The Labute approximate surface area is 186 Å². The monoisotopic (exact) mass is 424 g/mol. The number of hydrogen-bond acceptors (Lipinski definition) is 3. The van der Waals surface area contributed by atoms with Crippen molar-refractivity contribution in [1.82, 2.24) is 4.98 Å². The van der Waals surface area contributed by atoms with Crippen molar-refractivity contribution >= 4 is 23.2 Å². The molecular weight excluding hydrogens is 392 g/mol. The van der Waals surface area contributed by atoms with Gasteiger partial charge in [-0.3, -0.25) is 0 Å². The Balaban J connectivity index is 2.01. The molecule has 1 aliphatic heterocycles. The molecule has 0 amide bonds. The summed E-state index contributed by atoms with van der Waals surface area (Å²) in [6.45, 7) is 11.3. The standard InChI is InChI=1S/C26H33ClN2O/c1-4-29-16-10-15-22-24(20-13-9-14-21(27)17-20)23(18(3)30-5-2)25(28-26(22)29)19-11-7-6-8-12-19/h9,13-14,17,19H,3-8,10-12,15-16H2,1-2H3. The molecule has 0 radical (unpaired) electrons. The van der Waals surface area contributed by atoms with Crippen molar-refractivity contribution in [3.05, 3.63) is 52.7 Å². The van der Waals surface area contributed by atoms with Crippen LogP contribution in [0.2, 0.25) is 5.02 Å². The Morgan fingerprint density at radius 1 is 1.20 bits per heavy atom. The van der Waals surface area contributed by atoms with E-state index in [0.717, 1.165) is 53.7 Å². The molecule has 0 N–H and O–H groups in total. The van der Waals surface area contributed by atoms with Crippen LogP contribution in [0.4, 0.5) is 5.82 Å². The third-order valence-corrected chi connectivity index (χ3v) is 6.78. The van der Waals surface area contributed by atoms with Gasteiger partial charge in [-0.2, -0.15) is 0 Å². The van der Waals surface area contributed by atoms with Crippen LogP contribution in [-0.2, 0) is 11.2 Å². The van der Waals surface area contributed by atoms with Crippen LogP contribution in [0, 0.1) is 0 Å². The van der Waals surface area contributed by atoms with E-state index in [1.54, 1.807) is 0 Å². The second kappa shape index (κ2) is 9.43. The van der Waals surface area contributed by atoms with E-state index in [9.17, 15) is 0 Å². The van der Waals surface area contributed by atoms with Gasteiger partial charge in [0.15, 0.2) is 0 Å². The lowest BCUT2D eigenvalue weighted by atomic mass is 9.81. The molecule has 2 heterocycles. The van der Waals surface area contributed by atoms with Gasteiger partial charge in [0.25, 0.3) is 0 Å². The van der Waals surface area contributed by atoms with Gasteiger partial charge in [-0.1, -0.05) is 49.6 Å². The number of halogens is 1. The Morgan fingerprint density at radius 3 is 2.70 bits per heavy atom. The highest BCUT2D eigenvalue weighted by Gasteiger charge is 2.31. The summed E-state index contributed by atoms with van der Waals surface area (Å²) in [5, 5.41) is 0.758. The minimum atomic E-state index is 0.467. The fourth-order valence-electron chi connectivity index (χ4n) is 5.15. The normalized spacial score (nSPS) is 17.0. The van der Waals surface area contributed by atoms with Crippen molar-refractivity contribution in [1.29, 1.82) is 0 Å². The fraction of sp³-hybridized carbons (Fsp3) is 0.500. The molecule has 2 aromatic rings. The first-order valence-corrected chi connectivity index (χ1v) is 11.9. The van der Waals surface area contributed by atoms with Gasteiger partial charge in [-0.05, 0) is 57.2 Å². The van der Waals surface area contributed by atoms with Crippen LogP contribution in [0.5, 0.6) is 0 Å². The van der Waals surface area contributed by atoms with Gasteiger partial charge in [0.2, 0.25) is 0 Å². The minimum absolute atomic E-state index is 0.467. The molecule has 0 spiro atoms. The third kappa shape index (κ3) is 4.09. The highest BCUT2D eigenvalue weighted by molar-refractivity contribution is 6.30. The molecule has 4 rings (SSSR count). The zero-order valence-electron chi connectivity index (χ0n) is 18.3. The van der Waals surface area contributed by atoms with E-state index in [2.05, 4.69) is 30.5 Å². The van der Waals surface area contributed by atoms with E-state index >= 15 is 0 Å². The van der Waals surface area contributed by atoms with Gasteiger partial charge < -0.3 is 9.64 Å². The van der Waals surface area contributed by atoms with Crippen molar-refractivity contribution in [3.8, 4) is 11.1 Å². The summed E-state index contributed by atoms with van der Waals surface area (Å²) in [4.78, 5) is 7.79. The van der Waals surface area contributed by atoms with Crippen molar-refractivity contribution < 1.29 is 4.74 Å². The second-order valence-corrected chi connectivity index (χ2v) is 8.87. The molecule has 0 bridgehead atoms. The molecule has 1 aliphatic carbocycles. The number of fused-ring (bicyclic) bond motifs is 1. The summed E-state index contributed by atoms with van der Waals surface area (Å²) in [6, 6.07) is 8.23. The van der Waals surface area contributed by atoms with E-state index in [-0.39, 0.29) is 0 Å². The van der Waals surface area contributed by atoms with Crippen LogP contribution in [-0.4, -0.2) is 24.7 Å². The van der Waals surface area contributed by atoms with Crippen LogP contribution in [0.1, 0.15) is 75.1 Å². The topological polar surface area (TPSA) is 25.4 Å². The largest absolute Gasteiger partial charge is 0.494 e. The van der Waals surface area contributed by atoms with E-state index in [1.165, 1.54) is 48.9 Å². The molecule has 2 aliphatic rings. The van der Waals surface area contributed by atoms with E-state index in [1.807, 2.05) is 19.1 Å². The van der Waals surface area contributed by atoms with Crippen LogP contribution < -0.4 is 4.90 Å². The van der Waals surface area contributed by atoms with Gasteiger partial charge in [0.1, 0.15) is 11.6 Å². The first kappa shape index (κ1) is 21.2. The minimum Gasteiger partial charge on any atom is -0.494 e. The first-order valence-electron chi connectivity index (χ1n) is 11.5.